The van der Waals surface area contributed by atoms with E-state index in [1.165, 1.54) is 55.5 Å². The molecule has 11 rings (SSSR count). The van der Waals surface area contributed by atoms with Gasteiger partial charge in [-0.05, 0) is 72.5 Å². The van der Waals surface area contributed by atoms with Crippen molar-refractivity contribution >= 4 is 10.8 Å². The minimum atomic E-state index is -0.368. The van der Waals surface area contributed by atoms with Gasteiger partial charge in [0, 0.05) is 16.7 Å². The molecular formula is C50H31N3. The van der Waals surface area contributed by atoms with Gasteiger partial charge in [0.1, 0.15) is 0 Å². The summed E-state index contributed by atoms with van der Waals surface area (Å²) in [5, 5.41) is 2.34. The van der Waals surface area contributed by atoms with Crippen molar-refractivity contribution < 1.29 is 0 Å². The molecule has 0 fully saturated rings. The lowest BCUT2D eigenvalue weighted by Crippen LogP contribution is -2.25. The number of rotatable bonds is 4. The molecule has 0 saturated heterocycles. The SMILES string of the molecule is c1ccc(-c2nc(-c3ccc(-c4cccc5c4-c4ccccc4C54c5ccccc5-c5ccccc54)cc3)nc(-c3ccc4ccccc4c3)n2)cc1. The quantitative estimate of drug-likeness (QED) is 0.187. The zero-order valence-corrected chi connectivity index (χ0v) is 28.7. The average Bonchev–Trinajstić information content (AvgIpc) is 3.71. The predicted molar refractivity (Wildman–Crippen MR) is 215 cm³/mol. The van der Waals surface area contributed by atoms with Gasteiger partial charge in [-0.1, -0.05) is 182 Å². The molecule has 0 aliphatic heterocycles. The highest BCUT2D eigenvalue weighted by Gasteiger charge is 2.51. The van der Waals surface area contributed by atoms with Crippen LogP contribution in [0, 0.1) is 0 Å². The van der Waals surface area contributed by atoms with Gasteiger partial charge in [0.05, 0.1) is 5.41 Å². The third kappa shape index (κ3) is 4.38. The predicted octanol–water partition coefficient (Wildman–Crippen LogP) is 12.0. The number of fused-ring (bicyclic) bond motifs is 11. The molecule has 53 heavy (non-hydrogen) atoms. The molecule has 246 valence electrons. The van der Waals surface area contributed by atoms with E-state index < -0.39 is 0 Å². The molecule has 0 N–H and O–H groups in total. The molecule has 0 radical (unpaired) electrons. The first-order valence-corrected chi connectivity index (χ1v) is 18.1. The highest BCUT2D eigenvalue weighted by Crippen LogP contribution is 2.63. The Morgan fingerprint density at radius 2 is 0.736 bits per heavy atom. The maximum atomic E-state index is 5.06. The lowest BCUT2D eigenvalue weighted by molar-refractivity contribution is 0.794. The molecule has 0 unspecified atom stereocenters. The van der Waals surface area contributed by atoms with Crippen LogP contribution in [0.4, 0.5) is 0 Å². The van der Waals surface area contributed by atoms with Crippen LogP contribution in [0.15, 0.2) is 188 Å². The van der Waals surface area contributed by atoms with Gasteiger partial charge < -0.3 is 0 Å². The van der Waals surface area contributed by atoms with Gasteiger partial charge in [0.15, 0.2) is 17.5 Å². The first kappa shape index (κ1) is 29.7. The standard InChI is InChI=1S/C50H31N3/c1-2-14-34(15-3-1)47-51-48(53-49(52-47)37-30-25-32-13-4-5-16-36(32)31-37)35-28-26-33(27-29-35)38-20-12-24-45-46(38)41-19-8-11-23-44(41)50(45)42-21-9-6-17-39(42)40-18-7-10-22-43(40)50/h1-31H. The molecule has 0 bridgehead atoms. The van der Waals surface area contributed by atoms with E-state index in [9.17, 15) is 0 Å². The molecular weight excluding hydrogens is 643 g/mol. The first-order chi connectivity index (χ1) is 26.3. The summed E-state index contributed by atoms with van der Waals surface area (Å²) in [4.78, 5) is 15.1. The van der Waals surface area contributed by atoms with Crippen LogP contribution < -0.4 is 0 Å². The molecule has 0 amide bonds. The van der Waals surface area contributed by atoms with Gasteiger partial charge in [-0.2, -0.15) is 0 Å². The van der Waals surface area contributed by atoms with Crippen LogP contribution in [0.25, 0.3) is 78.3 Å². The Labute approximate surface area is 308 Å². The molecule has 3 heteroatoms. The van der Waals surface area contributed by atoms with E-state index >= 15 is 0 Å². The van der Waals surface area contributed by atoms with Crippen molar-refractivity contribution in [3.63, 3.8) is 0 Å². The Kier molecular flexibility index (Phi) is 6.47. The van der Waals surface area contributed by atoms with E-state index in [0.29, 0.717) is 17.5 Å². The van der Waals surface area contributed by atoms with E-state index in [1.807, 2.05) is 30.3 Å². The van der Waals surface area contributed by atoms with Crippen molar-refractivity contribution in [2.24, 2.45) is 0 Å². The molecule has 1 spiro atoms. The Bertz CT molecular complexity index is 2850. The lowest BCUT2D eigenvalue weighted by Gasteiger charge is -2.30. The van der Waals surface area contributed by atoms with Gasteiger partial charge in [-0.15, -0.1) is 0 Å². The summed E-state index contributed by atoms with van der Waals surface area (Å²) in [6, 6.07) is 67.4. The van der Waals surface area contributed by atoms with Crippen molar-refractivity contribution in [1.82, 2.24) is 15.0 Å². The first-order valence-electron chi connectivity index (χ1n) is 18.1. The summed E-state index contributed by atoms with van der Waals surface area (Å²) in [5.74, 6) is 1.96. The Morgan fingerprint density at radius 1 is 0.283 bits per heavy atom. The number of hydrogen-bond acceptors (Lipinski definition) is 3. The maximum Gasteiger partial charge on any atom is 0.164 e. The van der Waals surface area contributed by atoms with Gasteiger partial charge in [-0.25, -0.2) is 15.0 Å². The van der Waals surface area contributed by atoms with Gasteiger partial charge in [-0.3, -0.25) is 0 Å². The number of hydrogen-bond donors (Lipinski definition) is 0. The third-order valence-electron chi connectivity index (χ3n) is 11.2. The summed E-state index contributed by atoms with van der Waals surface area (Å²) in [5.41, 5.74) is 15.5. The van der Waals surface area contributed by atoms with Gasteiger partial charge >= 0.3 is 0 Å². The molecule has 0 atom stereocenters. The van der Waals surface area contributed by atoms with Crippen molar-refractivity contribution in [2.75, 3.05) is 0 Å². The molecule has 2 aliphatic carbocycles. The van der Waals surface area contributed by atoms with Crippen molar-refractivity contribution in [3.05, 3.63) is 210 Å². The monoisotopic (exact) mass is 673 g/mol. The zero-order valence-electron chi connectivity index (χ0n) is 28.7. The Morgan fingerprint density at radius 3 is 1.42 bits per heavy atom. The molecule has 9 aromatic rings. The molecule has 2 aliphatic rings. The molecule has 1 aromatic heterocycles. The maximum absolute atomic E-state index is 5.06. The second kappa shape index (κ2) is 11.5. The van der Waals surface area contributed by atoms with Crippen molar-refractivity contribution in [1.29, 1.82) is 0 Å². The average molecular weight is 674 g/mol. The van der Waals surface area contributed by atoms with Crippen LogP contribution in [0.1, 0.15) is 22.3 Å². The van der Waals surface area contributed by atoms with Crippen LogP contribution in [0.3, 0.4) is 0 Å². The summed E-state index contributed by atoms with van der Waals surface area (Å²) >= 11 is 0. The lowest BCUT2D eigenvalue weighted by atomic mass is 9.70. The third-order valence-corrected chi connectivity index (χ3v) is 11.2. The second-order valence-electron chi connectivity index (χ2n) is 13.9. The van der Waals surface area contributed by atoms with E-state index in [2.05, 4.69) is 158 Å². The fraction of sp³-hybridized carbons (Fsp3) is 0.0200. The number of benzene rings is 8. The van der Waals surface area contributed by atoms with E-state index in [1.54, 1.807) is 0 Å². The Balaban J connectivity index is 1.06. The highest BCUT2D eigenvalue weighted by molar-refractivity contribution is 6.00. The molecule has 3 nitrogen and oxygen atoms in total. The van der Waals surface area contributed by atoms with Crippen LogP contribution >= 0.6 is 0 Å². The topological polar surface area (TPSA) is 38.7 Å². The molecule has 0 saturated carbocycles. The number of nitrogens with zero attached hydrogens (tertiary/aromatic N) is 3. The second-order valence-corrected chi connectivity index (χ2v) is 13.9. The van der Waals surface area contributed by atoms with Gasteiger partial charge in [0.2, 0.25) is 0 Å². The molecule has 1 heterocycles. The van der Waals surface area contributed by atoms with Crippen molar-refractivity contribution in [3.8, 4) is 67.5 Å². The van der Waals surface area contributed by atoms with Gasteiger partial charge in [0.25, 0.3) is 0 Å². The summed E-state index contributed by atoms with van der Waals surface area (Å²) in [6.07, 6.45) is 0. The van der Waals surface area contributed by atoms with Crippen LogP contribution in [-0.2, 0) is 5.41 Å². The van der Waals surface area contributed by atoms with E-state index in [0.717, 1.165) is 27.6 Å². The summed E-state index contributed by atoms with van der Waals surface area (Å²) in [7, 11) is 0. The van der Waals surface area contributed by atoms with Crippen LogP contribution in [0.2, 0.25) is 0 Å². The van der Waals surface area contributed by atoms with Crippen LogP contribution in [0.5, 0.6) is 0 Å². The summed E-state index contributed by atoms with van der Waals surface area (Å²) < 4.78 is 0. The van der Waals surface area contributed by atoms with E-state index in [-0.39, 0.29) is 5.41 Å². The largest absolute Gasteiger partial charge is 0.208 e. The fourth-order valence-electron chi connectivity index (χ4n) is 8.86. The smallest absolute Gasteiger partial charge is 0.164 e. The summed E-state index contributed by atoms with van der Waals surface area (Å²) in [6.45, 7) is 0. The fourth-order valence-corrected chi connectivity index (χ4v) is 8.86. The highest BCUT2D eigenvalue weighted by atomic mass is 15.0. The normalized spacial score (nSPS) is 13.1. The van der Waals surface area contributed by atoms with Crippen molar-refractivity contribution in [2.45, 2.75) is 5.41 Å². The van der Waals surface area contributed by atoms with E-state index in [4.69, 9.17) is 15.0 Å². The van der Waals surface area contributed by atoms with Crippen LogP contribution in [-0.4, -0.2) is 15.0 Å². The zero-order chi connectivity index (χ0) is 34.9. The Hall–Kier alpha value is -6.97. The molecule has 8 aromatic carbocycles. The minimum Gasteiger partial charge on any atom is -0.208 e. The number of aromatic nitrogens is 3. The minimum absolute atomic E-state index is 0.368.